The molecule has 2 aromatic carbocycles. The summed E-state index contributed by atoms with van der Waals surface area (Å²) in [7, 11) is 0. The molecule has 0 spiro atoms. The van der Waals surface area contributed by atoms with Gasteiger partial charge in [-0.05, 0) is 30.3 Å². The lowest BCUT2D eigenvalue weighted by molar-refractivity contribution is 0.221. The summed E-state index contributed by atoms with van der Waals surface area (Å²) in [5.74, 6) is 1.61. The normalized spacial score (nSPS) is 10.8. The van der Waals surface area contributed by atoms with E-state index in [-0.39, 0.29) is 6.73 Å². The van der Waals surface area contributed by atoms with Crippen LogP contribution in [0.15, 0.2) is 71.4 Å². The summed E-state index contributed by atoms with van der Waals surface area (Å²) in [4.78, 5) is 4.44. The lowest BCUT2D eigenvalue weighted by Crippen LogP contribution is -2.08. The summed E-state index contributed by atoms with van der Waals surface area (Å²) in [6, 6.07) is 18.6. The average molecular weight is 353 g/mol. The van der Waals surface area contributed by atoms with Crippen molar-refractivity contribution in [3.63, 3.8) is 0 Å². The summed E-state index contributed by atoms with van der Waals surface area (Å²) < 4.78 is 12.7. The van der Waals surface area contributed by atoms with Crippen molar-refractivity contribution in [2.24, 2.45) is 0 Å². The predicted molar refractivity (Wildman–Crippen MR) is 93.0 cm³/mol. The number of nitrogens with zero attached hydrogens (tertiary/aromatic N) is 4. The number of rotatable bonds is 5. The first-order valence-electron chi connectivity index (χ1n) is 7.59. The highest BCUT2D eigenvalue weighted by Gasteiger charge is 2.15. The molecule has 0 N–H and O–H groups in total. The molecule has 4 aromatic rings. The minimum Gasteiger partial charge on any atom is -0.471 e. The molecule has 7 heteroatoms. The molecule has 0 aliphatic rings. The molecule has 2 aromatic heterocycles. The average Bonchev–Trinajstić information content (AvgIpc) is 3.31. The zero-order valence-electron chi connectivity index (χ0n) is 13.0. The fourth-order valence-corrected chi connectivity index (χ4v) is 2.44. The van der Waals surface area contributed by atoms with Crippen molar-refractivity contribution < 1.29 is 9.26 Å². The Morgan fingerprint density at radius 1 is 1.00 bits per heavy atom. The van der Waals surface area contributed by atoms with Crippen molar-refractivity contribution in [3.8, 4) is 28.7 Å². The molecule has 0 radical (unpaired) electrons. The zero-order chi connectivity index (χ0) is 17.1. The molecule has 0 aliphatic carbocycles. The highest BCUT2D eigenvalue weighted by atomic mass is 35.5. The van der Waals surface area contributed by atoms with Crippen LogP contribution in [0, 0.1) is 0 Å². The van der Waals surface area contributed by atoms with Crippen LogP contribution in [0.1, 0.15) is 0 Å². The van der Waals surface area contributed by atoms with Crippen LogP contribution in [0.25, 0.3) is 23.0 Å². The summed E-state index contributed by atoms with van der Waals surface area (Å²) in [6.45, 7) is 0.215. The smallest absolute Gasteiger partial charge is 0.276 e. The Kier molecular flexibility index (Phi) is 4.18. The first-order chi connectivity index (χ1) is 12.3. The van der Waals surface area contributed by atoms with Gasteiger partial charge in [0.2, 0.25) is 5.82 Å². The summed E-state index contributed by atoms with van der Waals surface area (Å²) in [5, 5.41) is 8.93. The van der Waals surface area contributed by atoms with E-state index < -0.39 is 0 Å². The van der Waals surface area contributed by atoms with Gasteiger partial charge in [0.1, 0.15) is 11.4 Å². The first-order valence-corrected chi connectivity index (χ1v) is 7.97. The van der Waals surface area contributed by atoms with Gasteiger partial charge >= 0.3 is 0 Å². The van der Waals surface area contributed by atoms with Gasteiger partial charge in [-0.15, -0.1) is 0 Å². The van der Waals surface area contributed by atoms with E-state index in [2.05, 4.69) is 15.2 Å². The number of ether oxygens (including phenoxy) is 1. The van der Waals surface area contributed by atoms with E-state index in [0.717, 1.165) is 5.56 Å². The molecule has 0 unspecified atom stereocenters. The van der Waals surface area contributed by atoms with Crippen molar-refractivity contribution in [1.29, 1.82) is 0 Å². The van der Waals surface area contributed by atoms with Crippen molar-refractivity contribution in [3.05, 3.63) is 71.9 Å². The van der Waals surface area contributed by atoms with E-state index in [1.165, 1.54) is 0 Å². The third kappa shape index (κ3) is 3.39. The standard InChI is InChI=1S/C18H13ClN4O2/c19-14-6-8-15(9-7-14)24-12-23-16(10-11-20-23)18-21-17(22-25-18)13-4-2-1-3-5-13/h1-11H,12H2. The van der Waals surface area contributed by atoms with Crippen LogP contribution < -0.4 is 4.74 Å². The minimum atomic E-state index is 0.215. The van der Waals surface area contributed by atoms with Crippen LogP contribution in [0.2, 0.25) is 5.02 Å². The summed E-state index contributed by atoms with van der Waals surface area (Å²) >= 11 is 5.87. The molecular weight excluding hydrogens is 340 g/mol. The van der Waals surface area contributed by atoms with Gasteiger partial charge in [-0.2, -0.15) is 10.1 Å². The third-order valence-electron chi connectivity index (χ3n) is 3.56. The molecule has 0 saturated heterocycles. The largest absolute Gasteiger partial charge is 0.471 e. The second-order valence-electron chi connectivity index (χ2n) is 5.23. The molecule has 124 valence electrons. The Bertz CT molecular complexity index is 964. The van der Waals surface area contributed by atoms with Crippen LogP contribution in [-0.4, -0.2) is 19.9 Å². The van der Waals surface area contributed by atoms with E-state index in [1.54, 1.807) is 41.2 Å². The fraction of sp³-hybridized carbons (Fsp3) is 0.0556. The van der Waals surface area contributed by atoms with Crippen LogP contribution >= 0.6 is 11.6 Å². The first kappa shape index (κ1) is 15.4. The molecule has 25 heavy (non-hydrogen) atoms. The van der Waals surface area contributed by atoms with Crippen molar-refractivity contribution in [1.82, 2.24) is 19.9 Å². The van der Waals surface area contributed by atoms with Crippen molar-refractivity contribution in [2.75, 3.05) is 0 Å². The van der Waals surface area contributed by atoms with Crippen LogP contribution in [0.4, 0.5) is 0 Å². The van der Waals surface area contributed by atoms with Gasteiger partial charge < -0.3 is 9.26 Å². The molecular formula is C18H13ClN4O2. The Labute approximate surface area is 148 Å². The lowest BCUT2D eigenvalue weighted by atomic mass is 10.2. The fourth-order valence-electron chi connectivity index (χ4n) is 2.32. The maximum absolute atomic E-state index is 5.87. The Balaban J connectivity index is 1.53. The van der Waals surface area contributed by atoms with Gasteiger partial charge in [-0.1, -0.05) is 47.1 Å². The molecule has 0 amide bonds. The summed E-state index contributed by atoms with van der Waals surface area (Å²) in [5.41, 5.74) is 1.57. The highest BCUT2D eigenvalue weighted by Crippen LogP contribution is 2.22. The predicted octanol–water partition coefficient (Wildman–Crippen LogP) is 4.29. The molecule has 2 heterocycles. The maximum atomic E-state index is 5.87. The van der Waals surface area contributed by atoms with Gasteiger partial charge in [0.15, 0.2) is 6.73 Å². The quantitative estimate of drug-likeness (QED) is 0.536. The van der Waals surface area contributed by atoms with E-state index >= 15 is 0 Å². The monoisotopic (exact) mass is 352 g/mol. The van der Waals surface area contributed by atoms with Crippen LogP contribution in [-0.2, 0) is 6.73 Å². The van der Waals surface area contributed by atoms with Crippen molar-refractivity contribution in [2.45, 2.75) is 6.73 Å². The topological polar surface area (TPSA) is 66.0 Å². The highest BCUT2D eigenvalue weighted by molar-refractivity contribution is 6.30. The molecule has 0 aliphatic heterocycles. The number of halogens is 1. The van der Waals surface area contributed by atoms with Gasteiger partial charge in [0.25, 0.3) is 5.89 Å². The zero-order valence-corrected chi connectivity index (χ0v) is 13.8. The third-order valence-corrected chi connectivity index (χ3v) is 3.81. The Morgan fingerprint density at radius 3 is 2.60 bits per heavy atom. The number of benzene rings is 2. The maximum Gasteiger partial charge on any atom is 0.276 e. The Morgan fingerprint density at radius 2 is 1.80 bits per heavy atom. The lowest BCUT2D eigenvalue weighted by Gasteiger charge is -2.07. The molecule has 6 nitrogen and oxygen atoms in total. The summed E-state index contributed by atoms with van der Waals surface area (Å²) in [6.07, 6.45) is 1.66. The van der Waals surface area contributed by atoms with E-state index in [9.17, 15) is 0 Å². The number of hydrogen-bond donors (Lipinski definition) is 0. The van der Waals surface area contributed by atoms with Gasteiger partial charge in [-0.25, -0.2) is 4.68 Å². The van der Waals surface area contributed by atoms with Gasteiger partial charge in [0, 0.05) is 16.8 Å². The molecule has 0 fully saturated rings. The second-order valence-corrected chi connectivity index (χ2v) is 5.67. The SMILES string of the molecule is Clc1ccc(OCn2nccc2-c2nc(-c3ccccc3)no2)cc1. The van der Waals surface area contributed by atoms with Gasteiger partial charge in [0.05, 0.1) is 0 Å². The number of aromatic nitrogens is 4. The van der Waals surface area contributed by atoms with E-state index in [0.29, 0.717) is 28.2 Å². The molecule has 0 atom stereocenters. The molecule has 0 saturated carbocycles. The van der Waals surface area contributed by atoms with Crippen molar-refractivity contribution >= 4 is 11.6 Å². The second kappa shape index (κ2) is 6.78. The van der Waals surface area contributed by atoms with Gasteiger partial charge in [-0.3, -0.25) is 0 Å². The molecule has 4 rings (SSSR count). The molecule has 0 bridgehead atoms. The number of hydrogen-bond acceptors (Lipinski definition) is 5. The minimum absolute atomic E-state index is 0.215. The van der Waals surface area contributed by atoms with E-state index in [1.807, 2.05) is 30.3 Å². The Hall–Kier alpha value is -3.12. The van der Waals surface area contributed by atoms with Crippen LogP contribution in [0.5, 0.6) is 5.75 Å². The van der Waals surface area contributed by atoms with E-state index in [4.69, 9.17) is 20.9 Å². The van der Waals surface area contributed by atoms with Crippen LogP contribution in [0.3, 0.4) is 0 Å².